The minimum Gasteiger partial charge on any atom is -0.342 e. The molecular formula is C62H102O. The Bertz CT molecular complexity index is 1170. The summed E-state index contributed by atoms with van der Waals surface area (Å²) in [5.74, 6) is 0. The Hall–Kier alpha value is -1.60. The van der Waals surface area contributed by atoms with Gasteiger partial charge in [-0.05, 0) is 188 Å². The quantitative estimate of drug-likeness (QED) is 0.221. The summed E-state index contributed by atoms with van der Waals surface area (Å²) in [5, 5.41) is 0. The van der Waals surface area contributed by atoms with Crippen molar-refractivity contribution in [2.75, 3.05) is 0 Å². The van der Waals surface area contributed by atoms with Crippen molar-refractivity contribution < 1.29 is 4.74 Å². The van der Waals surface area contributed by atoms with Crippen LogP contribution in [0.2, 0.25) is 0 Å². The van der Waals surface area contributed by atoms with Crippen molar-refractivity contribution >= 4 is 0 Å². The predicted molar refractivity (Wildman–Crippen MR) is 277 cm³/mol. The molecule has 6 aliphatic rings. The van der Waals surface area contributed by atoms with Gasteiger partial charge in [0.15, 0.2) is 0 Å². The molecule has 0 unspecified atom stereocenters. The molecule has 0 fully saturated rings. The molecule has 0 spiro atoms. The summed E-state index contributed by atoms with van der Waals surface area (Å²) in [6.45, 7) is 0. The van der Waals surface area contributed by atoms with Gasteiger partial charge in [0.1, 0.15) is 11.2 Å². The van der Waals surface area contributed by atoms with Gasteiger partial charge in [0.2, 0.25) is 0 Å². The third-order valence-electron chi connectivity index (χ3n) is 16.8. The van der Waals surface area contributed by atoms with Gasteiger partial charge in [0.05, 0.1) is 0 Å². The summed E-state index contributed by atoms with van der Waals surface area (Å²) in [5.41, 5.74) is 9.32. The van der Waals surface area contributed by atoms with E-state index < -0.39 is 11.2 Å². The van der Waals surface area contributed by atoms with Gasteiger partial charge in [0, 0.05) is 0 Å². The number of allylic oxidation sites excluding steroid dienone is 6. The first-order valence-electron chi connectivity index (χ1n) is 29.2. The predicted octanol–water partition coefficient (Wildman–Crippen LogP) is 20.8. The molecule has 0 saturated heterocycles. The first-order chi connectivity index (χ1) is 31.3. The van der Waals surface area contributed by atoms with Gasteiger partial charge in [-0.1, -0.05) is 191 Å². The zero-order valence-corrected chi connectivity index (χ0v) is 41.8. The Morgan fingerprint density at radius 3 is 0.508 bits per heavy atom. The van der Waals surface area contributed by atoms with E-state index in [0.717, 1.165) is 0 Å². The SMILES string of the molecule is C1=C(/C(OC(/C2=C/CCCCCCCC2)(/C2=C/CCCCCCCC2)/C2=C/CCCCCCCC2)(/C2=C/CCCCCCCC2)/C2=C/CCCCCCCC2)CCCCCCCC/1. The molecule has 0 saturated carbocycles. The van der Waals surface area contributed by atoms with Crippen LogP contribution in [0.3, 0.4) is 0 Å². The van der Waals surface area contributed by atoms with Crippen molar-refractivity contribution in [2.24, 2.45) is 0 Å². The highest BCUT2D eigenvalue weighted by Gasteiger charge is 2.52. The van der Waals surface area contributed by atoms with E-state index in [1.54, 1.807) is 33.4 Å². The molecule has 0 bridgehead atoms. The average molecular weight is 863 g/mol. The van der Waals surface area contributed by atoms with Crippen molar-refractivity contribution in [2.45, 2.75) is 319 Å². The van der Waals surface area contributed by atoms with Crippen LogP contribution in [0, 0.1) is 0 Å². The lowest BCUT2D eigenvalue weighted by Crippen LogP contribution is -2.52. The molecule has 1 heteroatoms. The van der Waals surface area contributed by atoms with Crippen LogP contribution in [-0.4, -0.2) is 11.2 Å². The molecule has 0 aromatic carbocycles. The van der Waals surface area contributed by atoms with Gasteiger partial charge in [-0.3, -0.25) is 0 Å². The lowest BCUT2D eigenvalue weighted by Gasteiger charge is -2.52. The Labute approximate surface area is 392 Å². The smallest absolute Gasteiger partial charge is 0.133 e. The van der Waals surface area contributed by atoms with E-state index in [-0.39, 0.29) is 0 Å². The highest BCUT2D eigenvalue weighted by molar-refractivity contribution is 5.52. The summed E-state index contributed by atoms with van der Waals surface area (Å²) in [4.78, 5) is 0. The molecule has 0 radical (unpaired) electrons. The van der Waals surface area contributed by atoms with E-state index in [1.165, 1.54) is 308 Å². The summed E-state index contributed by atoms with van der Waals surface area (Å²) in [6.07, 6.45) is 81.2. The lowest BCUT2D eigenvalue weighted by molar-refractivity contribution is -0.0521. The third kappa shape index (κ3) is 16.3. The molecule has 0 aliphatic heterocycles. The fraction of sp³-hybridized carbons (Fsp3) is 0.806. The number of hydrogen-bond acceptors (Lipinski definition) is 1. The van der Waals surface area contributed by atoms with E-state index in [2.05, 4.69) is 36.5 Å². The fourth-order valence-corrected chi connectivity index (χ4v) is 13.1. The monoisotopic (exact) mass is 863 g/mol. The first-order valence-corrected chi connectivity index (χ1v) is 29.2. The molecule has 0 atom stereocenters. The van der Waals surface area contributed by atoms with Crippen LogP contribution >= 0.6 is 0 Å². The van der Waals surface area contributed by atoms with Crippen LogP contribution in [0.1, 0.15) is 308 Å². The Balaban J connectivity index is 1.71. The van der Waals surface area contributed by atoms with Gasteiger partial charge >= 0.3 is 0 Å². The molecule has 0 N–H and O–H groups in total. The van der Waals surface area contributed by atoms with E-state index in [1.807, 2.05) is 0 Å². The second kappa shape index (κ2) is 30.6. The Kier molecular flexibility index (Phi) is 24.7. The summed E-state index contributed by atoms with van der Waals surface area (Å²) < 4.78 is 9.46. The maximum absolute atomic E-state index is 9.46. The van der Waals surface area contributed by atoms with Gasteiger partial charge in [0.25, 0.3) is 0 Å². The Morgan fingerprint density at radius 1 is 0.190 bits per heavy atom. The molecule has 1 nitrogen and oxygen atoms in total. The first kappa shape index (κ1) is 50.8. The maximum atomic E-state index is 9.46. The minimum atomic E-state index is -0.472. The molecule has 6 aliphatic carbocycles. The van der Waals surface area contributed by atoms with E-state index >= 15 is 0 Å². The van der Waals surface area contributed by atoms with Crippen molar-refractivity contribution in [1.82, 2.24) is 0 Å². The largest absolute Gasteiger partial charge is 0.342 e. The van der Waals surface area contributed by atoms with Crippen molar-refractivity contribution in [3.8, 4) is 0 Å². The fourth-order valence-electron chi connectivity index (χ4n) is 13.1. The van der Waals surface area contributed by atoms with Gasteiger partial charge < -0.3 is 4.74 Å². The zero-order chi connectivity index (χ0) is 43.4. The second-order valence-corrected chi connectivity index (χ2v) is 21.8. The van der Waals surface area contributed by atoms with E-state index in [4.69, 9.17) is 0 Å². The van der Waals surface area contributed by atoms with E-state index in [9.17, 15) is 4.74 Å². The molecule has 0 amide bonds. The molecule has 0 aromatic rings. The molecule has 63 heavy (non-hydrogen) atoms. The van der Waals surface area contributed by atoms with E-state index in [0.29, 0.717) is 0 Å². The standard InChI is InChI=1S/C62H102O/c1-7-19-31-43-55(44-32-20-8-1)61(56-45-33-21-9-2-10-22-34-46-56,57-47-35-23-11-3-12-24-36-48-57)63-62(58-49-37-25-13-4-14-26-38-50-58,59-51-39-27-15-5-16-28-40-52-59)60-53-41-29-17-6-18-30-42-54-60/h43,45,47,49,51,53H,1-42,44,46,48,50,52,54H2/b55-43+,56-45+,57-47+,58-49+,59-51+,60-53+. The summed E-state index contributed by atoms with van der Waals surface area (Å²) in [7, 11) is 0. The van der Waals surface area contributed by atoms with Crippen molar-refractivity contribution in [3.05, 3.63) is 69.9 Å². The minimum absolute atomic E-state index is 0.472. The number of ether oxygens (including phenoxy) is 1. The van der Waals surface area contributed by atoms with Crippen LogP contribution in [0.5, 0.6) is 0 Å². The zero-order valence-electron chi connectivity index (χ0n) is 41.8. The normalized spacial score (nSPS) is 29.9. The second-order valence-electron chi connectivity index (χ2n) is 21.8. The van der Waals surface area contributed by atoms with Gasteiger partial charge in [-0.15, -0.1) is 0 Å². The van der Waals surface area contributed by atoms with Gasteiger partial charge in [-0.25, -0.2) is 0 Å². The number of rotatable bonds is 8. The number of hydrogen-bond donors (Lipinski definition) is 0. The van der Waals surface area contributed by atoms with Crippen molar-refractivity contribution in [1.29, 1.82) is 0 Å². The summed E-state index contributed by atoms with van der Waals surface area (Å²) >= 11 is 0. The topological polar surface area (TPSA) is 9.23 Å². The maximum Gasteiger partial charge on any atom is 0.133 e. The summed E-state index contributed by atoms with van der Waals surface area (Å²) in [6, 6.07) is 0. The highest BCUT2D eigenvalue weighted by Crippen LogP contribution is 2.55. The third-order valence-corrected chi connectivity index (χ3v) is 16.8. The van der Waals surface area contributed by atoms with Crippen LogP contribution in [0.15, 0.2) is 69.9 Å². The molecule has 356 valence electrons. The Morgan fingerprint density at radius 2 is 0.333 bits per heavy atom. The lowest BCUT2D eigenvalue weighted by atomic mass is 9.68. The highest BCUT2D eigenvalue weighted by atomic mass is 16.5. The molecule has 0 aromatic heterocycles. The van der Waals surface area contributed by atoms with Crippen molar-refractivity contribution in [3.63, 3.8) is 0 Å². The molecule has 0 heterocycles. The van der Waals surface area contributed by atoms with Crippen LogP contribution in [-0.2, 0) is 4.74 Å². The van der Waals surface area contributed by atoms with Crippen LogP contribution < -0.4 is 0 Å². The van der Waals surface area contributed by atoms with Crippen LogP contribution in [0.25, 0.3) is 0 Å². The van der Waals surface area contributed by atoms with Crippen LogP contribution in [0.4, 0.5) is 0 Å². The molecular weight excluding hydrogens is 761 g/mol. The average Bonchev–Trinajstić information content (AvgIpc) is 3.32. The van der Waals surface area contributed by atoms with Gasteiger partial charge in [-0.2, -0.15) is 0 Å². The molecule has 6 rings (SSSR count).